The van der Waals surface area contributed by atoms with E-state index in [0.717, 1.165) is 50.3 Å². The van der Waals surface area contributed by atoms with E-state index in [0.29, 0.717) is 24.7 Å². The number of ether oxygens (including phenoxy) is 6. The van der Waals surface area contributed by atoms with Crippen molar-refractivity contribution in [3.8, 4) is 57.1 Å². The van der Waals surface area contributed by atoms with Gasteiger partial charge in [0.15, 0.2) is 28.8 Å². The molecule has 0 aromatic heterocycles. The second-order valence-corrected chi connectivity index (χ2v) is 31.9. The van der Waals surface area contributed by atoms with Crippen LogP contribution in [0.4, 0.5) is 0 Å². The van der Waals surface area contributed by atoms with Crippen molar-refractivity contribution in [1.82, 2.24) is 42.5 Å². The van der Waals surface area contributed by atoms with Crippen molar-refractivity contribution in [3.05, 3.63) is 153 Å². The van der Waals surface area contributed by atoms with E-state index >= 15 is 33.6 Å². The Bertz CT molecular complexity index is 4750. The highest BCUT2D eigenvalue weighted by Crippen LogP contribution is 2.56. The van der Waals surface area contributed by atoms with Crippen molar-refractivity contribution in [2.24, 2.45) is 41.1 Å². The van der Waals surface area contributed by atoms with Gasteiger partial charge in [-0.05, 0) is 213 Å². The number of benzene rings is 6. The van der Waals surface area contributed by atoms with Crippen LogP contribution in [0.15, 0.2) is 103 Å². The van der Waals surface area contributed by atoms with Crippen LogP contribution in [0.1, 0.15) is 151 Å². The Morgan fingerprint density at radius 2 is 1.28 bits per heavy atom. The van der Waals surface area contributed by atoms with Crippen LogP contribution < -0.4 is 77.7 Å². The lowest BCUT2D eigenvalue weighted by Gasteiger charge is -2.54. The predicted octanol–water partition coefficient (Wildman–Crippen LogP) is 2.01. The van der Waals surface area contributed by atoms with Crippen molar-refractivity contribution in [1.29, 1.82) is 0 Å². The molecule has 116 heavy (non-hydrogen) atoms. The van der Waals surface area contributed by atoms with Crippen LogP contribution in [0.5, 0.6) is 46.0 Å². The first-order valence-electron chi connectivity index (χ1n) is 38.9. The normalized spacial score (nSPS) is 28.5. The Balaban J connectivity index is 0.957. The fourth-order valence-corrected chi connectivity index (χ4v) is 17.6. The lowest BCUT2D eigenvalue weighted by molar-refractivity contribution is -0.277. The van der Waals surface area contributed by atoms with Gasteiger partial charge in [0.1, 0.15) is 90.1 Å². The number of halogens is 1. The van der Waals surface area contributed by atoms with Gasteiger partial charge in [0, 0.05) is 29.2 Å². The van der Waals surface area contributed by atoms with E-state index in [4.69, 9.17) is 51.5 Å². The summed E-state index contributed by atoms with van der Waals surface area (Å²) in [5, 5.41) is 128. The number of nitrogens with one attached hydrogen (secondary N) is 8. The summed E-state index contributed by atoms with van der Waals surface area (Å²) >= 11 is 7.14. The highest BCUT2D eigenvalue weighted by atomic mass is 35.5. The second kappa shape index (κ2) is 34.2. The number of hydrogen-bond acceptors (Lipinski definition) is 26. The number of nitrogens with two attached hydrogens (primary N) is 2. The molecule has 6 aromatic carbocycles. The first kappa shape index (κ1) is 82.4. The van der Waals surface area contributed by atoms with Crippen molar-refractivity contribution in [2.45, 2.75) is 169 Å². The van der Waals surface area contributed by atoms with Gasteiger partial charge in [0.05, 0.1) is 30.9 Å². The number of fused-ring (bicyclic) bond motifs is 12. The molecular formula is C82H95ClN10O23. The molecule has 7 amide bonds. The molecule has 6 aromatic rings. The summed E-state index contributed by atoms with van der Waals surface area (Å²) in [5.41, 5.74) is 9.78. The van der Waals surface area contributed by atoms with E-state index in [1.807, 2.05) is 13.8 Å². The number of aliphatic hydroxyl groups excluding tert-OH is 6. The Hall–Kier alpha value is -10.1. The molecule has 1 saturated heterocycles. The minimum Gasteiger partial charge on any atom is -0.508 e. The van der Waals surface area contributed by atoms with Crippen molar-refractivity contribution >= 4 is 58.7 Å². The van der Waals surface area contributed by atoms with Gasteiger partial charge in [-0.15, -0.1) is 0 Å². The molecule has 15 bridgehead atoms. The Morgan fingerprint density at radius 1 is 0.638 bits per heavy atom. The lowest BCUT2D eigenvalue weighted by Crippen LogP contribution is -2.60. The molecule has 14 atom stereocenters. The van der Waals surface area contributed by atoms with Gasteiger partial charge in [0.25, 0.3) is 0 Å². The Labute approximate surface area is 670 Å². The topological polar surface area (TPSA) is 522 Å². The van der Waals surface area contributed by atoms with E-state index in [2.05, 4.69) is 42.5 Å². The number of phenols is 1. The molecule has 4 saturated carbocycles. The minimum atomic E-state index is -2.96. The molecule has 618 valence electrons. The molecule has 34 heteroatoms. The molecule has 11 aliphatic rings. The van der Waals surface area contributed by atoms with Crippen LogP contribution in [0.25, 0.3) is 11.1 Å². The number of rotatable bonds is 21. The highest BCUT2D eigenvalue weighted by molar-refractivity contribution is 6.32. The fourth-order valence-electron chi connectivity index (χ4n) is 17.4. The first-order valence-corrected chi connectivity index (χ1v) is 39.3. The Kier molecular flexibility index (Phi) is 24.3. The number of ketones is 1. The summed E-state index contributed by atoms with van der Waals surface area (Å²) in [6, 6.07) is 7.29. The summed E-state index contributed by atoms with van der Waals surface area (Å²) in [7, 11) is 1.50. The quantitative estimate of drug-likeness (QED) is 0.0278. The molecule has 17 rings (SSSR count). The van der Waals surface area contributed by atoms with Gasteiger partial charge in [0.2, 0.25) is 59.2 Å². The average Bonchev–Trinajstić information content (AvgIpc) is 1.51. The second-order valence-electron chi connectivity index (χ2n) is 31.5. The predicted molar refractivity (Wildman–Crippen MR) is 411 cm³/mol. The molecule has 5 fully saturated rings. The van der Waals surface area contributed by atoms with E-state index in [9.17, 15) is 50.8 Å². The molecule has 33 nitrogen and oxygen atoms in total. The van der Waals surface area contributed by atoms with Crippen molar-refractivity contribution in [3.63, 3.8) is 0 Å². The molecule has 6 heterocycles. The third kappa shape index (κ3) is 16.7. The zero-order valence-electron chi connectivity index (χ0n) is 63.5. The molecule has 5 aliphatic carbocycles. The van der Waals surface area contributed by atoms with Gasteiger partial charge in [-0.1, -0.05) is 55.8 Å². The van der Waals surface area contributed by atoms with Crippen LogP contribution in [0.3, 0.4) is 0 Å². The number of likely N-dealkylation sites (N-methyl/N-ethyl adjacent to an activating group) is 1. The summed E-state index contributed by atoms with van der Waals surface area (Å²) in [6.07, 6.45) is -9.29. The summed E-state index contributed by atoms with van der Waals surface area (Å²) in [6.45, 7) is 3.47. The van der Waals surface area contributed by atoms with E-state index < -0.39 is 180 Å². The van der Waals surface area contributed by atoms with Gasteiger partial charge >= 0.3 is 0 Å². The third-order valence-electron chi connectivity index (χ3n) is 23.1. The van der Waals surface area contributed by atoms with Gasteiger partial charge in [-0.3, -0.25) is 38.4 Å². The molecular weight excluding hydrogens is 1530 g/mol. The number of phenolic OH excluding ortho intramolecular Hbond substituents is 1. The van der Waals surface area contributed by atoms with Gasteiger partial charge in [-0.25, -0.2) is 0 Å². The van der Waals surface area contributed by atoms with Crippen molar-refractivity contribution in [2.75, 3.05) is 40.0 Å². The van der Waals surface area contributed by atoms with Crippen LogP contribution in [-0.2, 0) is 44.1 Å². The van der Waals surface area contributed by atoms with Crippen LogP contribution in [0.2, 0.25) is 5.02 Å². The maximum Gasteiger partial charge on any atom is 0.248 e. The zero-order chi connectivity index (χ0) is 82.5. The largest absolute Gasteiger partial charge is 0.508 e. The number of Topliss-reactive ketones (excluding diaryl/α,β-unsaturated/α-hetero) is 1. The van der Waals surface area contributed by atoms with Crippen molar-refractivity contribution < 1.29 is 113 Å². The fraction of sp³-hybridized carbons (Fsp3) is 0.463. The monoisotopic (exact) mass is 1620 g/mol. The van der Waals surface area contributed by atoms with E-state index in [-0.39, 0.29) is 135 Å². The summed E-state index contributed by atoms with van der Waals surface area (Å²) < 4.78 is 37.6. The maximum absolute atomic E-state index is 16.5. The minimum absolute atomic E-state index is 0.0641. The first-order chi connectivity index (χ1) is 55.5. The van der Waals surface area contributed by atoms with Gasteiger partial charge < -0.3 is 128 Å². The van der Waals surface area contributed by atoms with Crippen LogP contribution in [-0.4, -0.2) is 194 Å². The number of aromatic hydroxyl groups is 1. The Morgan fingerprint density at radius 3 is 1.95 bits per heavy atom. The SMILES string of the molecule is CN[C@H](CC(C)C)C(=O)N[C@H]1C(=O)N[C@@H](CC(=O)c2ccc(OCCCN)c(OCCCN)c2)C(=O)N[C@H]2C(=O)N[C@H]3C(=O)N[C@H](C(=O)N[C@H](C(=O)NC4C5CC6CC(C5)CC4C6)c4cc(O)cc5c4-c4cc3ccc4C5(O)O)[C@H](O)c3ccc(cc3)Oc3cc2cc(c3O[C@@H]2O[C@H](CO)[C@@H](O)[C@H](O)[C@H]2O)Oc2ccc(cc2Cl)[C@H]1O. The summed E-state index contributed by atoms with van der Waals surface area (Å²) in [5.74, 6) is -13.2. The number of aliphatic hydroxyl groups is 8. The van der Waals surface area contributed by atoms with Crippen LogP contribution >= 0.6 is 11.6 Å². The molecule has 0 spiro atoms. The highest BCUT2D eigenvalue weighted by Gasteiger charge is 2.52. The average molecular weight is 1620 g/mol. The van der Waals surface area contributed by atoms with E-state index in [1.54, 1.807) is 0 Å². The van der Waals surface area contributed by atoms with Gasteiger partial charge in [-0.2, -0.15) is 0 Å². The zero-order valence-corrected chi connectivity index (χ0v) is 64.3. The smallest absolute Gasteiger partial charge is 0.248 e. The summed E-state index contributed by atoms with van der Waals surface area (Å²) in [4.78, 5) is 125. The third-order valence-corrected chi connectivity index (χ3v) is 23.4. The number of hydrogen-bond donors (Lipinski definition) is 19. The standard InChI is InChI=1S/C82H95ClN10O23/c1-35(2)20-52(86-3)74(102)92-67-69(98)41-10-14-55(51(83)27-41)114-59-30-44-29-58(73(59)116-81-72(101)71(100)70(99)60(34-94)115-81)113-46-11-6-38(7-12-46)68(97)66-80(108)91-65(78(106)88-62-42-22-36-21-37(24-42)25-43(62)23-36)48-31-45(95)32-50-61(48)47-26-40(8-13-49(47)82(50,109)110)63(76(104)93-66)90-77(105)64(44)89-75(103)53(87-79(67)107)33-54(96)39-9-15-56(111-18-4-16-84)57(28-39)112-19-5-17-85/h6-15,26-32,35-37,42-43,52-53,60,62-72,81,86,94-95,97-101,109-110H,4-5,16-25,33-34,84-85H2,1-3H3,(H,87,107)(H,88,106)(H,89,103)(H,90,105)(H,91,108)(H,92,102)(H,93,104)/t36?,37?,42?,43?,52-,53+,60-,62?,63-,64-,65+,66+,67-,68-,69-,70-,71+,72-,81+/m1/s1. The van der Waals surface area contributed by atoms with Crippen LogP contribution in [0, 0.1) is 29.6 Å². The molecule has 21 N–H and O–H groups in total. The lowest BCUT2D eigenvalue weighted by atomic mass is 9.54. The number of amides is 7. The maximum atomic E-state index is 16.5. The van der Waals surface area contributed by atoms with E-state index in [1.165, 1.54) is 92.0 Å². The number of carbonyl (C=O) groups excluding carboxylic acids is 8. The molecule has 0 unspecified atom stereocenters. The molecule has 0 radical (unpaired) electrons. The number of carbonyl (C=O) groups is 8. The molecule has 6 aliphatic heterocycles.